The SMILES string of the molecule is CN1C(=O)NC(=O)C1(C)CS. The summed E-state index contributed by atoms with van der Waals surface area (Å²) in [6.45, 7) is 1.68. The zero-order valence-electron chi connectivity index (χ0n) is 6.42. The molecule has 62 valence electrons. The normalized spacial score (nSPS) is 31.0. The molecule has 3 amide bonds. The predicted octanol–water partition coefficient (Wildman–Crippen LogP) is -0.143. The van der Waals surface area contributed by atoms with E-state index in [2.05, 4.69) is 17.9 Å². The number of nitrogens with zero attached hydrogens (tertiary/aromatic N) is 1. The van der Waals surface area contributed by atoms with Crippen LogP contribution in [0.3, 0.4) is 0 Å². The average Bonchev–Trinajstić information content (AvgIpc) is 2.16. The summed E-state index contributed by atoms with van der Waals surface area (Å²) in [5, 5.41) is 2.21. The van der Waals surface area contributed by atoms with Crippen molar-refractivity contribution in [1.29, 1.82) is 0 Å². The highest BCUT2D eigenvalue weighted by Gasteiger charge is 2.45. The van der Waals surface area contributed by atoms with Crippen molar-refractivity contribution in [3.8, 4) is 0 Å². The molecule has 0 radical (unpaired) electrons. The predicted molar refractivity (Wildman–Crippen MR) is 43.6 cm³/mol. The van der Waals surface area contributed by atoms with Crippen molar-refractivity contribution < 1.29 is 9.59 Å². The monoisotopic (exact) mass is 174 g/mol. The second-order valence-electron chi connectivity index (χ2n) is 2.75. The van der Waals surface area contributed by atoms with Crippen LogP contribution in [-0.2, 0) is 4.79 Å². The fourth-order valence-electron chi connectivity index (χ4n) is 0.870. The fraction of sp³-hybridized carbons (Fsp3) is 0.667. The molecule has 4 nitrogen and oxygen atoms in total. The van der Waals surface area contributed by atoms with Gasteiger partial charge < -0.3 is 4.90 Å². The number of hydrogen-bond donors (Lipinski definition) is 2. The van der Waals surface area contributed by atoms with E-state index in [1.54, 1.807) is 14.0 Å². The largest absolute Gasteiger partial charge is 0.324 e. The summed E-state index contributed by atoms with van der Waals surface area (Å²) in [5.74, 6) is 0.0566. The molecular weight excluding hydrogens is 164 g/mol. The molecule has 1 fully saturated rings. The molecule has 1 atom stereocenters. The Morgan fingerprint density at radius 2 is 2.18 bits per heavy atom. The molecule has 1 heterocycles. The van der Waals surface area contributed by atoms with E-state index in [0.29, 0.717) is 5.75 Å². The van der Waals surface area contributed by atoms with Gasteiger partial charge in [-0.3, -0.25) is 10.1 Å². The first-order valence-corrected chi connectivity index (χ1v) is 3.85. The molecule has 0 aliphatic carbocycles. The number of nitrogens with one attached hydrogen (secondary N) is 1. The minimum absolute atomic E-state index is 0.278. The molecule has 11 heavy (non-hydrogen) atoms. The Morgan fingerprint density at radius 3 is 2.36 bits per heavy atom. The van der Waals surface area contributed by atoms with Crippen LogP contribution in [0, 0.1) is 0 Å². The van der Waals surface area contributed by atoms with Crippen LogP contribution in [0.2, 0.25) is 0 Å². The van der Waals surface area contributed by atoms with E-state index in [9.17, 15) is 9.59 Å². The molecular formula is C6H10N2O2S. The number of urea groups is 1. The molecule has 1 aliphatic heterocycles. The van der Waals surface area contributed by atoms with Gasteiger partial charge in [0.1, 0.15) is 5.54 Å². The number of carbonyl (C=O) groups excluding carboxylic acids is 2. The van der Waals surface area contributed by atoms with Crippen LogP contribution in [0.1, 0.15) is 6.92 Å². The fourth-order valence-corrected chi connectivity index (χ4v) is 1.23. The standard InChI is InChI=1S/C6H10N2O2S/c1-6(3-11)4(9)7-5(10)8(6)2/h11H,3H2,1-2H3,(H,7,9,10). The Balaban J connectivity index is 2.96. The summed E-state index contributed by atoms with van der Waals surface area (Å²) in [6.07, 6.45) is 0. The molecule has 1 aliphatic rings. The van der Waals surface area contributed by atoms with E-state index in [1.807, 2.05) is 0 Å². The maximum Gasteiger partial charge on any atom is 0.324 e. The van der Waals surface area contributed by atoms with Gasteiger partial charge in [-0.1, -0.05) is 0 Å². The smallest absolute Gasteiger partial charge is 0.312 e. The first kappa shape index (κ1) is 8.39. The third-order valence-corrected chi connectivity index (χ3v) is 2.68. The number of amides is 3. The number of hydrogen-bond acceptors (Lipinski definition) is 3. The van der Waals surface area contributed by atoms with Gasteiger partial charge in [-0.15, -0.1) is 0 Å². The Bertz CT molecular complexity index is 219. The lowest BCUT2D eigenvalue weighted by Crippen LogP contribution is -2.46. The van der Waals surface area contributed by atoms with Crippen molar-refractivity contribution >= 4 is 24.6 Å². The zero-order chi connectivity index (χ0) is 8.65. The maximum absolute atomic E-state index is 11.1. The Kier molecular flexibility index (Phi) is 1.83. The Labute approximate surface area is 70.3 Å². The number of carbonyl (C=O) groups is 2. The van der Waals surface area contributed by atoms with Gasteiger partial charge in [0.2, 0.25) is 0 Å². The highest BCUT2D eigenvalue weighted by Crippen LogP contribution is 2.20. The highest BCUT2D eigenvalue weighted by molar-refractivity contribution is 7.80. The van der Waals surface area contributed by atoms with Gasteiger partial charge in [0.05, 0.1) is 0 Å². The summed E-state index contributed by atoms with van der Waals surface area (Å²) < 4.78 is 0. The van der Waals surface area contributed by atoms with E-state index < -0.39 is 5.54 Å². The molecule has 1 rings (SSSR count). The van der Waals surface area contributed by atoms with Crippen molar-refractivity contribution in [3.05, 3.63) is 0 Å². The maximum atomic E-state index is 11.1. The second kappa shape index (κ2) is 2.41. The summed E-state index contributed by atoms with van der Waals surface area (Å²) in [4.78, 5) is 23.4. The first-order chi connectivity index (χ1) is 5.02. The third kappa shape index (κ3) is 0.994. The number of thiol groups is 1. The van der Waals surface area contributed by atoms with E-state index in [4.69, 9.17) is 0 Å². The zero-order valence-corrected chi connectivity index (χ0v) is 7.31. The Morgan fingerprint density at radius 1 is 1.64 bits per heavy atom. The number of imide groups is 1. The van der Waals surface area contributed by atoms with Crippen LogP contribution < -0.4 is 5.32 Å². The summed E-state index contributed by atoms with van der Waals surface area (Å²) in [5.41, 5.74) is -0.778. The van der Waals surface area contributed by atoms with Crippen LogP contribution >= 0.6 is 12.6 Å². The van der Waals surface area contributed by atoms with Gasteiger partial charge >= 0.3 is 6.03 Å². The molecule has 1 N–H and O–H groups in total. The molecule has 0 saturated carbocycles. The Hall–Kier alpha value is -0.710. The summed E-state index contributed by atoms with van der Waals surface area (Å²) in [7, 11) is 1.58. The first-order valence-electron chi connectivity index (χ1n) is 3.22. The highest BCUT2D eigenvalue weighted by atomic mass is 32.1. The quantitative estimate of drug-likeness (QED) is 0.429. The van der Waals surface area contributed by atoms with Crippen LogP contribution in [0.25, 0.3) is 0 Å². The average molecular weight is 174 g/mol. The second-order valence-corrected chi connectivity index (χ2v) is 3.07. The van der Waals surface area contributed by atoms with E-state index in [-0.39, 0.29) is 11.9 Å². The van der Waals surface area contributed by atoms with Crippen molar-refractivity contribution in [3.63, 3.8) is 0 Å². The van der Waals surface area contributed by atoms with Gasteiger partial charge in [-0.25, -0.2) is 4.79 Å². The van der Waals surface area contributed by atoms with Gasteiger partial charge in [-0.2, -0.15) is 12.6 Å². The van der Waals surface area contributed by atoms with Gasteiger partial charge in [0.25, 0.3) is 5.91 Å². The van der Waals surface area contributed by atoms with Crippen LogP contribution in [-0.4, -0.2) is 35.2 Å². The summed E-state index contributed by atoms with van der Waals surface area (Å²) >= 11 is 4.01. The van der Waals surface area contributed by atoms with Crippen LogP contribution in [0.4, 0.5) is 4.79 Å². The molecule has 0 aromatic rings. The van der Waals surface area contributed by atoms with Crippen molar-refractivity contribution in [2.75, 3.05) is 12.8 Å². The van der Waals surface area contributed by atoms with E-state index >= 15 is 0 Å². The van der Waals surface area contributed by atoms with Crippen molar-refractivity contribution in [2.45, 2.75) is 12.5 Å². The number of rotatable bonds is 1. The lowest BCUT2D eigenvalue weighted by atomic mass is 10.1. The molecule has 5 heteroatoms. The topological polar surface area (TPSA) is 49.4 Å². The van der Waals surface area contributed by atoms with Crippen molar-refractivity contribution in [1.82, 2.24) is 10.2 Å². The molecule has 0 spiro atoms. The van der Waals surface area contributed by atoms with E-state index in [1.165, 1.54) is 4.90 Å². The van der Waals surface area contributed by atoms with Crippen LogP contribution in [0.15, 0.2) is 0 Å². The minimum atomic E-state index is -0.778. The number of likely N-dealkylation sites (N-methyl/N-ethyl adjacent to an activating group) is 1. The van der Waals surface area contributed by atoms with Gasteiger partial charge in [-0.05, 0) is 6.92 Å². The molecule has 0 bridgehead atoms. The molecule has 1 unspecified atom stereocenters. The molecule has 1 saturated heterocycles. The molecule has 0 aromatic carbocycles. The van der Waals surface area contributed by atoms with Gasteiger partial charge in [0.15, 0.2) is 0 Å². The summed E-state index contributed by atoms with van der Waals surface area (Å²) in [6, 6.07) is -0.355. The third-order valence-electron chi connectivity index (χ3n) is 2.06. The minimum Gasteiger partial charge on any atom is -0.312 e. The van der Waals surface area contributed by atoms with E-state index in [0.717, 1.165) is 0 Å². The van der Waals surface area contributed by atoms with Crippen molar-refractivity contribution in [2.24, 2.45) is 0 Å². The van der Waals surface area contributed by atoms with Gasteiger partial charge in [0, 0.05) is 12.8 Å². The lowest BCUT2D eigenvalue weighted by Gasteiger charge is -2.25. The lowest BCUT2D eigenvalue weighted by molar-refractivity contribution is -0.124. The van der Waals surface area contributed by atoms with Crippen LogP contribution in [0.5, 0.6) is 0 Å². The molecule has 0 aromatic heterocycles.